The number of rotatable bonds is 3. The van der Waals surface area contributed by atoms with E-state index in [-0.39, 0.29) is 17.8 Å². The average Bonchev–Trinajstić information content (AvgIpc) is 3.28. The van der Waals surface area contributed by atoms with E-state index in [0.29, 0.717) is 0 Å². The summed E-state index contributed by atoms with van der Waals surface area (Å²) < 4.78 is 13.5. The van der Waals surface area contributed by atoms with E-state index in [0.717, 1.165) is 29.2 Å². The molecule has 0 aromatic heterocycles. The molecule has 3 nitrogen and oxygen atoms in total. The van der Waals surface area contributed by atoms with E-state index in [4.69, 9.17) is 4.84 Å². The molecule has 0 radical (unpaired) electrons. The maximum atomic E-state index is 13.5. The van der Waals surface area contributed by atoms with Gasteiger partial charge in [-0.3, -0.25) is 0 Å². The summed E-state index contributed by atoms with van der Waals surface area (Å²) in [5, 5.41) is 1.95. The normalized spacial score (nSPS) is 20.7. The molecule has 2 aliphatic heterocycles. The smallest absolute Gasteiger partial charge is 0.155 e. The van der Waals surface area contributed by atoms with E-state index in [2.05, 4.69) is 42.3 Å². The SMILES string of the molecule is Cc1ccc(N2C=C3ON(c4ccccc4)C(c4ccc(F)cc4)C3C2)cc1. The van der Waals surface area contributed by atoms with Crippen LogP contribution in [0.25, 0.3) is 0 Å². The molecule has 0 saturated carbocycles. The molecule has 1 saturated heterocycles. The van der Waals surface area contributed by atoms with Crippen LogP contribution in [0.5, 0.6) is 0 Å². The number of hydroxylamine groups is 1. The van der Waals surface area contributed by atoms with Gasteiger partial charge in [0.25, 0.3) is 0 Å². The Bertz CT molecular complexity index is 999. The lowest BCUT2D eigenvalue weighted by Crippen LogP contribution is -2.29. The van der Waals surface area contributed by atoms with Gasteiger partial charge in [0.15, 0.2) is 5.76 Å². The van der Waals surface area contributed by atoms with E-state index in [1.165, 1.54) is 17.7 Å². The topological polar surface area (TPSA) is 15.7 Å². The van der Waals surface area contributed by atoms with Crippen molar-refractivity contribution in [1.82, 2.24) is 0 Å². The minimum absolute atomic E-state index is 0.00954. The second-order valence-corrected chi connectivity index (χ2v) is 7.37. The first-order chi connectivity index (χ1) is 13.7. The zero-order valence-electron chi connectivity index (χ0n) is 15.6. The third kappa shape index (κ3) is 2.91. The largest absolute Gasteiger partial charge is 0.381 e. The van der Waals surface area contributed by atoms with Crippen LogP contribution in [-0.2, 0) is 4.84 Å². The monoisotopic (exact) mass is 372 g/mol. The Morgan fingerprint density at radius 1 is 0.857 bits per heavy atom. The summed E-state index contributed by atoms with van der Waals surface area (Å²) in [4.78, 5) is 8.54. The second kappa shape index (κ2) is 6.71. The molecular weight excluding hydrogens is 351 g/mol. The van der Waals surface area contributed by atoms with Gasteiger partial charge in [0, 0.05) is 18.4 Å². The number of anilines is 2. The van der Waals surface area contributed by atoms with Gasteiger partial charge < -0.3 is 9.74 Å². The van der Waals surface area contributed by atoms with Crippen molar-refractivity contribution >= 4 is 11.4 Å². The molecule has 140 valence electrons. The summed E-state index contributed by atoms with van der Waals surface area (Å²) in [5.74, 6) is 0.892. The molecule has 0 bridgehead atoms. The van der Waals surface area contributed by atoms with Gasteiger partial charge in [-0.25, -0.2) is 9.45 Å². The highest BCUT2D eigenvalue weighted by Crippen LogP contribution is 2.47. The molecule has 5 rings (SSSR count). The first-order valence-electron chi connectivity index (χ1n) is 9.52. The van der Waals surface area contributed by atoms with Crippen molar-refractivity contribution in [3.8, 4) is 0 Å². The molecule has 2 heterocycles. The minimum atomic E-state index is -0.225. The van der Waals surface area contributed by atoms with Crippen molar-refractivity contribution in [2.24, 2.45) is 5.92 Å². The molecule has 0 aliphatic carbocycles. The summed E-state index contributed by atoms with van der Waals surface area (Å²) in [6, 6.07) is 25.3. The molecule has 4 heteroatoms. The van der Waals surface area contributed by atoms with Crippen LogP contribution in [0.2, 0.25) is 0 Å². The molecule has 2 unspecified atom stereocenters. The minimum Gasteiger partial charge on any atom is -0.381 e. The van der Waals surface area contributed by atoms with E-state index in [1.807, 2.05) is 47.5 Å². The molecule has 0 spiro atoms. The molecule has 28 heavy (non-hydrogen) atoms. The maximum Gasteiger partial charge on any atom is 0.155 e. The lowest BCUT2D eigenvalue weighted by atomic mass is 9.93. The number of halogens is 1. The summed E-state index contributed by atoms with van der Waals surface area (Å²) in [7, 11) is 0. The van der Waals surface area contributed by atoms with Crippen molar-refractivity contribution in [2.75, 3.05) is 16.5 Å². The number of benzene rings is 3. The Morgan fingerprint density at radius 2 is 1.57 bits per heavy atom. The Hall–Kier alpha value is -3.27. The van der Waals surface area contributed by atoms with Crippen LogP contribution >= 0.6 is 0 Å². The summed E-state index contributed by atoms with van der Waals surface area (Å²) in [5.41, 5.74) is 4.44. The van der Waals surface area contributed by atoms with Gasteiger partial charge in [-0.15, -0.1) is 0 Å². The molecular formula is C24H21FN2O. The predicted octanol–water partition coefficient (Wildman–Crippen LogP) is 5.60. The highest BCUT2D eigenvalue weighted by atomic mass is 19.1. The Kier molecular flexibility index (Phi) is 4.05. The van der Waals surface area contributed by atoms with Gasteiger partial charge in [0.05, 0.1) is 11.6 Å². The summed E-state index contributed by atoms with van der Waals surface area (Å²) >= 11 is 0. The standard InChI is InChI=1S/C24H21FN2O/c1-17-7-13-20(14-8-17)26-15-22-23(16-26)28-27(21-5-3-2-4-6-21)24(22)18-9-11-19(25)12-10-18/h2-14,16,22,24H,15H2,1H3. The van der Waals surface area contributed by atoms with Gasteiger partial charge in [0.2, 0.25) is 0 Å². The molecule has 3 aromatic rings. The van der Waals surface area contributed by atoms with Crippen LogP contribution in [0.15, 0.2) is 90.8 Å². The summed E-state index contributed by atoms with van der Waals surface area (Å²) in [6.45, 7) is 2.91. The first-order valence-corrected chi connectivity index (χ1v) is 9.52. The van der Waals surface area contributed by atoms with Crippen molar-refractivity contribution in [2.45, 2.75) is 13.0 Å². The highest BCUT2D eigenvalue weighted by molar-refractivity contribution is 5.56. The highest BCUT2D eigenvalue weighted by Gasteiger charge is 2.46. The van der Waals surface area contributed by atoms with Crippen LogP contribution in [-0.4, -0.2) is 6.54 Å². The Morgan fingerprint density at radius 3 is 2.29 bits per heavy atom. The third-order valence-electron chi connectivity index (χ3n) is 5.47. The van der Waals surface area contributed by atoms with Gasteiger partial charge >= 0.3 is 0 Å². The quantitative estimate of drug-likeness (QED) is 0.595. The van der Waals surface area contributed by atoms with E-state index >= 15 is 0 Å². The van der Waals surface area contributed by atoms with Crippen molar-refractivity contribution in [1.29, 1.82) is 0 Å². The number of nitrogens with zero attached hydrogens (tertiary/aromatic N) is 2. The van der Waals surface area contributed by atoms with Crippen molar-refractivity contribution in [3.63, 3.8) is 0 Å². The lowest BCUT2D eigenvalue weighted by Gasteiger charge is -2.28. The van der Waals surface area contributed by atoms with E-state index in [1.54, 1.807) is 0 Å². The number of hydrogen-bond acceptors (Lipinski definition) is 3. The van der Waals surface area contributed by atoms with Gasteiger partial charge in [-0.2, -0.15) is 0 Å². The average molecular weight is 372 g/mol. The number of aryl methyl sites for hydroxylation is 1. The van der Waals surface area contributed by atoms with Crippen LogP contribution in [0, 0.1) is 18.7 Å². The first kappa shape index (κ1) is 16.9. The maximum absolute atomic E-state index is 13.5. The zero-order chi connectivity index (χ0) is 19.1. The van der Waals surface area contributed by atoms with Gasteiger partial charge in [-0.05, 0) is 48.9 Å². The fraction of sp³-hybridized carbons (Fsp3) is 0.167. The molecule has 0 amide bonds. The Labute approximate surface area is 164 Å². The van der Waals surface area contributed by atoms with E-state index < -0.39 is 0 Å². The van der Waals surface area contributed by atoms with Crippen molar-refractivity contribution in [3.05, 3.63) is 108 Å². The van der Waals surface area contributed by atoms with Gasteiger partial charge in [-0.1, -0.05) is 48.0 Å². The zero-order valence-corrected chi connectivity index (χ0v) is 15.6. The molecule has 3 aromatic carbocycles. The molecule has 2 aliphatic rings. The third-order valence-corrected chi connectivity index (χ3v) is 5.47. The number of hydrogen-bond donors (Lipinski definition) is 0. The lowest BCUT2D eigenvalue weighted by molar-refractivity contribution is 0.213. The van der Waals surface area contributed by atoms with Crippen molar-refractivity contribution < 1.29 is 9.23 Å². The fourth-order valence-electron chi connectivity index (χ4n) is 4.02. The van der Waals surface area contributed by atoms with Crippen LogP contribution in [0.4, 0.5) is 15.8 Å². The molecule has 0 N–H and O–H groups in total. The van der Waals surface area contributed by atoms with Crippen LogP contribution in [0.3, 0.4) is 0 Å². The molecule has 1 fully saturated rings. The summed E-state index contributed by atoms with van der Waals surface area (Å²) in [6.07, 6.45) is 2.09. The Balaban J connectivity index is 1.52. The van der Waals surface area contributed by atoms with Crippen LogP contribution in [0.1, 0.15) is 17.2 Å². The predicted molar refractivity (Wildman–Crippen MR) is 109 cm³/mol. The fourth-order valence-corrected chi connectivity index (χ4v) is 4.02. The van der Waals surface area contributed by atoms with E-state index in [9.17, 15) is 4.39 Å². The van der Waals surface area contributed by atoms with Crippen LogP contribution < -0.4 is 9.96 Å². The number of fused-ring (bicyclic) bond motifs is 1. The molecule has 2 atom stereocenters. The number of para-hydroxylation sites is 1. The van der Waals surface area contributed by atoms with Gasteiger partial charge in [0.1, 0.15) is 11.9 Å². The second-order valence-electron chi connectivity index (χ2n) is 7.37.